The van der Waals surface area contributed by atoms with E-state index in [1.165, 1.54) is 0 Å². The summed E-state index contributed by atoms with van der Waals surface area (Å²) in [5.74, 6) is 0. The second kappa shape index (κ2) is 5.85. The van der Waals surface area contributed by atoms with Crippen molar-refractivity contribution in [3.05, 3.63) is 45.8 Å². The molecule has 0 atom stereocenters. The molecule has 0 bridgehead atoms. The zero-order valence-electron chi connectivity index (χ0n) is 14.0. The SMILES string of the molecule is Cc1cc(C)c(C)c(S(=O)(=O)NCc2cc(C)n(C)n2)c1C. The van der Waals surface area contributed by atoms with Crippen LogP contribution in [-0.4, -0.2) is 18.2 Å². The lowest BCUT2D eigenvalue weighted by molar-refractivity contribution is 0.578. The number of aromatic nitrogens is 2. The maximum Gasteiger partial charge on any atom is 0.241 e. The van der Waals surface area contributed by atoms with E-state index in [4.69, 9.17) is 0 Å². The molecule has 0 fully saturated rings. The zero-order chi connectivity index (χ0) is 16.7. The minimum absolute atomic E-state index is 0.190. The van der Waals surface area contributed by atoms with Gasteiger partial charge >= 0.3 is 0 Å². The number of hydrogen-bond donors (Lipinski definition) is 1. The summed E-state index contributed by atoms with van der Waals surface area (Å²) in [6, 6.07) is 3.90. The number of aryl methyl sites for hydroxylation is 4. The molecule has 6 heteroatoms. The second-order valence-electron chi connectivity index (χ2n) is 5.81. The van der Waals surface area contributed by atoms with Gasteiger partial charge in [-0.15, -0.1) is 0 Å². The predicted octanol–water partition coefficient (Wildman–Crippen LogP) is 2.44. The molecular formula is C16H23N3O2S. The average Bonchev–Trinajstić information content (AvgIpc) is 2.74. The Morgan fingerprint density at radius 3 is 2.05 bits per heavy atom. The Hall–Kier alpha value is -1.66. The number of sulfonamides is 1. The number of hydrogen-bond acceptors (Lipinski definition) is 3. The van der Waals surface area contributed by atoms with E-state index in [-0.39, 0.29) is 6.54 Å². The van der Waals surface area contributed by atoms with Gasteiger partial charge in [-0.3, -0.25) is 4.68 Å². The van der Waals surface area contributed by atoms with Gasteiger partial charge < -0.3 is 0 Å². The normalized spacial score (nSPS) is 11.9. The molecule has 1 aromatic carbocycles. The molecule has 0 aliphatic heterocycles. The van der Waals surface area contributed by atoms with Gasteiger partial charge in [-0.05, 0) is 62.9 Å². The Morgan fingerprint density at radius 2 is 1.59 bits per heavy atom. The molecule has 120 valence electrons. The van der Waals surface area contributed by atoms with Crippen LogP contribution in [0.1, 0.15) is 33.6 Å². The monoisotopic (exact) mass is 321 g/mol. The van der Waals surface area contributed by atoms with Crippen molar-refractivity contribution in [3.8, 4) is 0 Å². The molecule has 1 heterocycles. The van der Waals surface area contributed by atoms with Crippen molar-refractivity contribution < 1.29 is 8.42 Å². The fraction of sp³-hybridized carbons (Fsp3) is 0.438. The van der Waals surface area contributed by atoms with Gasteiger partial charge in [0.2, 0.25) is 10.0 Å². The first kappa shape index (κ1) is 16.7. The third kappa shape index (κ3) is 3.08. The van der Waals surface area contributed by atoms with Crippen LogP contribution in [0.5, 0.6) is 0 Å². The maximum absolute atomic E-state index is 12.7. The highest BCUT2D eigenvalue weighted by Crippen LogP contribution is 2.26. The first-order chi connectivity index (χ1) is 10.1. The predicted molar refractivity (Wildman–Crippen MR) is 87.4 cm³/mol. The molecule has 0 spiro atoms. The first-order valence-electron chi connectivity index (χ1n) is 7.20. The van der Waals surface area contributed by atoms with Crippen LogP contribution in [0.3, 0.4) is 0 Å². The summed E-state index contributed by atoms with van der Waals surface area (Å²) in [5.41, 5.74) is 5.27. The molecule has 0 unspecified atom stereocenters. The van der Waals surface area contributed by atoms with Gasteiger partial charge in [0.15, 0.2) is 0 Å². The lowest BCUT2D eigenvalue weighted by Crippen LogP contribution is -2.25. The molecule has 0 saturated heterocycles. The van der Waals surface area contributed by atoms with E-state index in [1.54, 1.807) is 4.68 Å². The Bertz CT molecular complexity index is 775. The zero-order valence-corrected chi connectivity index (χ0v) is 14.8. The fourth-order valence-electron chi connectivity index (χ4n) is 2.55. The van der Waals surface area contributed by atoms with Crippen molar-refractivity contribution in [3.63, 3.8) is 0 Å². The highest BCUT2D eigenvalue weighted by molar-refractivity contribution is 7.89. The highest BCUT2D eigenvalue weighted by atomic mass is 32.2. The van der Waals surface area contributed by atoms with Crippen LogP contribution >= 0.6 is 0 Å². The third-order valence-corrected chi connectivity index (χ3v) is 5.85. The standard InChI is InChI=1S/C16H23N3O2S/c1-10-7-11(2)14(5)16(13(10)4)22(20,21)17-9-15-8-12(3)19(6)18-15/h7-8,17H,9H2,1-6H3. The lowest BCUT2D eigenvalue weighted by atomic mass is 10.0. The van der Waals surface area contributed by atoms with Crippen molar-refractivity contribution in [1.29, 1.82) is 0 Å². The van der Waals surface area contributed by atoms with Crippen LogP contribution in [0.2, 0.25) is 0 Å². The third-order valence-electron chi connectivity index (χ3n) is 4.17. The summed E-state index contributed by atoms with van der Waals surface area (Å²) in [4.78, 5) is 0.387. The number of benzene rings is 1. The minimum atomic E-state index is -3.57. The van der Waals surface area contributed by atoms with Gasteiger partial charge in [0.05, 0.1) is 17.1 Å². The lowest BCUT2D eigenvalue weighted by Gasteiger charge is -2.15. The molecule has 0 saturated carbocycles. The van der Waals surface area contributed by atoms with E-state index in [0.29, 0.717) is 10.6 Å². The van der Waals surface area contributed by atoms with Gasteiger partial charge in [0.25, 0.3) is 0 Å². The van der Waals surface area contributed by atoms with E-state index in [1.807, 2.05) is 53.8 Å². The summed E-state index contributed by atoms with van der Waals surface area (Å²) < 4.78 is 29.8. The quantitative estimate of drug-likeness (QED) is 0.941. The summed E-state index contributed by atoms with van der Waals surface area (Å²) >= 11 is 0. The molecule has 0 aliphatic carbocycles. The molecule has 0 aliphatic rings. The van der Waals surface area contributed by atoms with Crippen molar-refractivity contribution in [1.82, 2.24) is 14.5 Å². The van der Waals surface area contributed by atoms with Gasteiger partial charge in [0.1, 0.15) is 0 Å². The van der Waals surface area contributed by atoms with E-state index < -0.39 is 10.0 Å². The topological polar surface area (TPSA) is 64.0 Å². The molecule has 5 nitrogen and oxygen atoms in total. The van der Waals surface area contributed by atoms with E-state index in [2.05, 4.69) is 9.82 Å². The number of nitrogens with one attached hydrogen (secondary N) is 1. The van der Waals surface area contributed by atoms with Crippen LogP contribution in [0.25, 0.3) is 0 Å². The molecule has 2 aromatic rings. The average molecular weight is 321 g/mol. The summed E-state index contributed by atoms with van der Waals surface area (Å²) in [7, 11) is -1.73. The molecule has 0 radical (unpaired) electrons. The number of rotatable bonds is 4. The molecule has 1 N–H and O–H groups in total. The molecule has 0 amide bonds. The summed E-state index contributed by atoms with van der Waals surface area (Å²) in [6.07, 6.45) is 0. The summed E-state index contributed by atoms with van der Waals surface area (Å²) in [6.45, 7) is 9.69. The largest absolute Gasteiger partial charge is 0.273 e. The summed E-state index contributed by atoms with van der Waals surface area (Å²) in [5, 5.41) is 4.28. The van der Waals surface area contributed by atoms with E-state index in [0.717, 1.165) is 27.9 Å². The van der Waals surface area contributed by atoms with Crippen molar-refractivity contribution in [2.45, 2.75) is 46.1 Å². The van der Waals surface area contributed by atoms with Crippen molar-refractivity contribution >= 4 is 10.0 Å². The van der Waals surface area contributed by atoms with E-state index >= 15 is 0 Å². The molecule has 22 heavy (non-hydrogen) atoms. The van der Waals surface area contributed by atoms with Crippen molar-refractivity contribution in [2.24, 2.45) is 7.05 Å². The fourth-order valence-corrected chi connectivity index (χ4v) is 4.16. The van der Waals surface area contributed by atoms with E-state index in [9.17, 15) is 8.42 Å². The van der Waals surface area contributed by atoms with Gasteiger partial charge in [-0.25, -0.2) is 13.1 Å². The molecule has 2 rings (SSSR count). The number of nitrogens with zero attached hydrogens (tertiary/aromatic N) is 2. The van der Waals surface area contributed by atoms with Gasteiger partial charge in [0, 0.05) is 12.7 Å². The Kier molecular flexibility index (Phi) is 4.44. The minimum Gasteiger partial charge on any atom is -0.273 e. The first-order valence-corrected chi connectivity index (χ1v) is 8.68. The molecular weight excluding hydrogens is 298 g/mol. The second-order valence-corrected chi connectivity index (χ2v) is 7.52. The van der Waals surface area contributed by atoms with Crippen LogP contribution in [0.15, 0.2) is 17.0 Å². The highest BCUT2D eigenvalue weighted by Gasteiger charge is 2.22. The van der Waals surface area contributed by atoms with Crippen LogP contribution in [-0.2, 0) is 23.6 Å². The molecule has 1 aromatic heterocycles. The Labute approximate surface area is 132 Å². The van der Waals surface area contributed by atoms with Gasteiger partial charge in [-0.2, -0.15) is 5.10 Å². The maximum atomic E-state index is 12.7. The Morgan fingerprint density at radius 1 is 1.05 bits per heavy atom. The van der Waals surface area contributed by atoms with Crippen LogP contribution in [0.4, 0.5) is 0 Å². The van der Waals surface area contributed by atoms with Crippen LogP contribution in [0, 0.1) is 34.6 Å². The van der Waals surface area contributed by atoms with Crippen molar-refractivity contribution in [2.75, 3.05) is 0 Å². The van der Waals surface area contributed by atoms with Gasteiger partial charge in [-0.1, -0.05) is 6.07 Å². The smallest absolute Gasteiger partial charge is 0.241 e. The Balaban J connectivity index is 2.35. The van der Waals surface area contributed by atoms with Crippen LogP contribution < -0.4 is 4.72 Å².